The largest absolute Gasteiger partial charge is 0.389 e. The van der Waals surface area contributed by atoms with Crippen molar-refractivity contribution in [2.24, 2.45) is 5.73 Å². The summed E-state index contributed by atoms with van der Waals surface area (Å²) in [6, 6.07) is 7.18. The smallest absolute Gasteiger partial charge is 0.226 e. The summed E-state index contributed by atoms with van der Waals surface area (Å²) >= 11 is 4.86. The lowest BCUT2D eigenvalue weighted by Crippen LogP contribution is -2.19. The lowest BCUT2D eigenvalue weighted by molar-refractivity contribution is -0.118. The number of rotatable bonds is 4. The summed E-state index contributed by atoms with van der Waals surface area (Å²) < 4.78 is 5.42. The van der Waals surface area contributed by atoms with Crippen LogP contribution < -0.4 is 11.1 Å². The lowest BCUT2D eigenvalue weighted by atomic mass is 10.1. The van der Waals surface area contributed by atoms with Gasteiger partial charge in [0.1, 0.15) is 4.99 Å². The summed E-state index contributed by atoms with van der Waals surface area (Å²) in [7, 11) is 0. The molecule has 1 amide bonds. The van der Waals surface area contributed by atoms with E-state index in [-0.39, 0.29) is 12.0 Å². The van der Waals surface area contributed by atoms with Gasteiger partial charge in [-0.05, 0) is 37.1 Å². The summed E-state index contributed by atoms with van der Waals surface area (Å²) in [6.07, 6.45) is 2.49. The first-order chi connectivity index (χ1) is 8.65. The van der Waals surface area contributed by atoms with Crippen molar-refractivity contribution in [2.75, 3.05) is 11.9 Å². The molecule has 1 aliphatic rings. The highest BCUT2D eigenvalue weighted by atomic mass is 32.1. The van der Waals surface area contributed by atoms with Crippen LogP contribution in [0.5, 0.6) is 0 Å². The SMILES string of the molecule is NC(=S)c1ccc(NC(=O)CC2CCCO2)cc1. The van der Waals surface area contributed by atoms with E-state index >= 15 is 0 Å². The molecule has 1 saturated heterocycles. The molecule has 1 aromatic rings. The van der Waals surface area contributed by atoms with Crippen LogP contribution >= 0.6 is 12.2 Å². The number of anilines is 1. The van der Waals surface area contributed by atoms with Crippen LogP contribution in [0.25, 0.3) is 0 Å². The first-order valence-corrected chi connectivity index (χ1v) is 6.37. The third-order valence-electron chi connectivity index (χ3n) is 2.89. The molecular formula is C13H16N2O2S. The Morgan fingerprint density at radius 1 is 1.44 bits per heavy atom. The Balaban J connectivity index is 1.88. The van der Waals surface area contributed by atoms with Crippen molar-refractivity contribution in [3.8, 4) is 0 Å². The van der Waals surface area contributed by atoms with Gasteiger partial charge in [-0.25, -0.2) is 0 Å². The summed E-state index contributed by atoms with van der Waals surface area (Å²) in [6.45, 7) is 0.764. The van der Waals surface area contributed by atoms with Crippen LogP contribution in [0.2, 0.25) is 0 Å². The maximum Gasteiger partial charge on any atom is 0.226 e. The molecule has 0 bridgehead atoms. The topological polar surface area (TPSA) is 64.3 Å². The Labute approximate surface area is 112 Å². The quantitative estimate of drug-likeness (QED) is 0.814. The number of ether oxygens (including phenoxy) is 1. The molecule has 0 saturated carbocycles. The molecule has 1 heterocycles. The summed E-state index contributed by atoms with van der Waals surface area (Å²) in [4.78, 5) is 12.1. The van der Waals surface area contributed by atoms with E-state index in [0.717, 1.165) is 30.7 Å². The van der Waals surface area contributed by atoms with E-state index in [2.05, 4.69) is 5.32 Å². The van der Waals surface area contributed by atoms with E-state index in [1.54, 1.807) is 24.3 Å². The number of carbonyl (C=O) groups is 1. The summed E-state index contributed by atoms with van der Waals surface area (Å²) in [5.74, 6) is -0.0232. The van der Waals surface area contributed by atoms with Crippen LogP contribution in [0.15, 0.2) is 24.3 Å². The number of nitrogens with one attached hydrogen (secondary N) is 1. The van der Waals surface area contributed by atoms with Crippen molar-refractivity contribution >= 4 is 28.8 Å². The monoisotopic (exact) mass is 264 g/mol. The molecule has 0 aliphatic carbocycles. The predicted octanol–water partition coefficient (Wildman–Crippen LogP) is 1.83. The molecular weight excluding hydrogens is 248 g/mol. The molecule has 0 radical (unpaired) electrons. The number of benzene rings is 1. The van der Waals surface area contributed by atoms with Gasteiger partial charge >= 0.3 is 0 Å². The Morgan fingerprint density at radius 3 is 2.72 bits per heavy atom. The molecule has 1 aromatic carbocycles. The van der Waals surface area contributed by atoms with Crippen molar-refractivity contribution in [2.45, 2.75) is 25.4 Å². The molecule has 0 aromatic heterocycles. The Morgan fingerprint density at radius 2 is 2.17 bits per heavy atom. The fourth-order valence-electron chi connectivity index (χ4n) is 1.94. The van der Waals surface area contributed by atoms with E-state index in [4.69, 9.17) is 22.7 Å². The molecule has 0 spiro atoms. The molecule has 96 valence electrons. The Kier molecular flexibility index (Phi) is 4.28. The number of hydrogen-bond acceptors (Lipinski definition) is 3. The highest BCUT2D eigenvalue weighted by molar-refractivity contribution is 7.80. The third-order valence-corrected chi connectivity index (χ3v) is 3.13. The fraction of sp³-hybridized carbons (Fsp3) is 0.385. The van der Waals surface area contributed by atoms with Crippen molar-refractivity contribution in [3.05, 3.63) is 29.8 Å². The summed E-state index contributed by atoms with van der Waals surface area (Å²) in [5, 5.41) is 2.83. The molecule has 2 rings (SSSR count). The molecule has 1 aliphatic heterocycles. The highest BCUT2D eigenvalue weighted by Crippen LogP contribution is 2.16. The second kappa shape index (κ2) is 5.93. The first-order valence-electron chi connectivity index (χ1n) is 5.96. The molecule has 1 fully saturated rings. The molecule has 3 N–H and O–H groups in total. The number of carbonyl (C=O) groups excluding carboxylic acids is 1. The fourth-order valence-corrected chi connectivity index (χ4v) is 2.08. The average Bonchev–Trinajstić information content (AvgIpc) is 2.82. The zero-order chi connectivity index (χ0) is 13.0. The van der Waals surface area contributed by atoms with Gasteiger partial charge in [0.2, 0.25) is 5.91 Å². The first kappa shape index (κ1) is 13.0. The van der Waals surface area contributed by atoms with Crippen molar-refractivity contribution < 1.29 is 9.53 Å². The Bertz CT molecular complexity index is 439. The van der Waals surface area contributed by atoms with E-state index < -0.39 is 0 Å². The van der Waals surface area contributed by atoms with Gasteiger partial charge < -0.3 is 15.8 Å². The second-order valence-electron chi connectivity index (χ2n) is 4.33. The average molecular weight is 264 g/mol. The lowest BCUT2D eigenvalue weighted by Gasteiger charge is -2.10. The molecule has 1 unspecified atom stereocenters. The van der Waals surface area contributed by atoms with Gasteiger partial charge in [0.25, 0.3) is 0 Å². The molecule has 4 nitrogen and oxygen atoms in total. The van der Waals surface area contributed by atoms with Crippen LogP contribution in [-0.4, -0.2) is 23.6 Å². The number of hydrogen-bond donors (Lipinski definition) is 2. The molecule has 1 atom stereocenters. The minimum atomic E-state index is -0.0232. The van der Waals surface area contributed by atoms with E-state index in [0.29, 0.717) is 11.4 Å². The van der Waals surface area contributed by atoms with Gasteiger partial charge in [-0.15, -0.1) is 0 Å². The van der Waals surface area contributed by atoms with E-state index in [9.17, 15) is 4.79 Å². The van der Waals surface area contributed by atoms with E-state index in [1.807, 2.05) is 0 Å². The normalized spacial score (nSPS) is 18.6. The van der Waals surface area contributed by atoms with Crippen molar-refractivity contribution in [1.29, 1.82) is 0 Å². The van der Waals surface area contributed by atoms with Gasteiger partial charge in [0, 0.05) is 17.9 Å². The van der Waals surface area contributed by atoms with Gasteiger partial charge in [-0.3, -0.25) is 4.79 Å². The standard InChI is InChI=1S/C13H16N2O2S/c14-13(18)9-3-5-10(6-4-9)15-12(16)8-11-2-1-7-17-11/h3-6,11H,1-2,7-8H2,(H2,14,18)(H,15,16). The molecule has 5 heteroatoms. The minimum absolute atomic E-state index is 0.0232. The van der Waals surface area contributed by atoms with Crippen LogP contribution in [0.1, 0.15) is 24.8 Å². The minimum Gasteiger partial charge on any atom is -0.389 e. The maximum absolute atomic E-state index is 11.7. The van der Waals surface area contributed by atoms with Crippen LogP contribution in [-0.2, 0) is 9.53 Å². The van der Waals surface area contributed by atoms with Crippen molar-refractivity contribution in [1.82, 2.24) is 0 Å². The zero-order valence-corrected chi connectivity index (χ0v) is 10.8. The number of thiocarbonyl (C=S) groups is 1. The predicted molar refractivity (Wildman–Crippen MR) is 74.6 cm³/mol. The highest BCUT2D eigenvalue weighted by Gasteiger charge is 2.18. The van der Waals surface area contributed by atoms with E-state index in [1.165, 1.54) is 0 Å². The number of nitrogens with two attached hydrogens (primary N) is 1. The maximum atomic E-state index is 11.7. The van der Waals surface area contributed by atoms with Crippen molar-refractivity contribution in [3.63, 3.8) is 0 Å². The van der Waals surface area contributed by atoms with Gasteiger partial charge in [-0.2, -0.15) is 0 Å². The zero-order valence-electron chi connectivity index (χ0n) is 10.0. The second-order valence-corrected chi connectivity index (χ2v) is 4.77. The van der Waals surface area contributed by atoms with Gasteiger partial charge in [-0.1, -0.05) is 12.2 Å². The molecule has 18 heavy (non-hydrogen) atoms. The van der Waals surface area contributed by atoms with Gasteiger partial charge in [0.15, 0.2) is 0 Å². The van der Waals surface area contributed by atoms with Crippen LogP contribution in [0.3, 0.4) is 0 Å². The summed E-state index contributed by atoms with van der Waals surface area (Å²) in [5.41, 5.74) is 7.04. The van der Waals surface area contributed by atoms with Crippen LogP contribution in [0, 0.1) is 0 Å². The number of amides is 1. The van der Waals surface area contributed by atoms with Crippen LogP contribution in [0.4, 0.5) is 5.69 Å². The van der Waals surface area contributed by atoms with Gasteiger partial charge in [0.05, 0.1) is 12.5 Å². The Hall–Kier alpha value is -1.46. The third kappa shape index (κ3) is 3.51.